The molecule has 0 unspecified atom stereocenters. The molecule has 146 valence electrons. The quantitative estimate of drug-likeness (QED) is 0.527. The molecule has 0 saturated heterocycles. The number of rotatable bonds is 4. The second-order valence-corrected chi connectivity index (χ2v) is 6.86. The van der Waals surface area contributed by atoms with Gasteiger partial charge in [-0.05, 0) is 12.1 Å². The number of aromatic nitrogens is 2. The lowest BCUT2D eigenvalue weighted by Crippen LogP contribution is -2.39. The molecular weight excluding hydrogens is 413 g/mol. The van der Waals surface area contributed by atoms with Crippen LogP contribution in [0.1, 0.15) is 26.4 Å². The predicted octanol–water partition coefficient (Wildman–Crippen LogP) is 0.730. The summed E-state index contributed by atoms with van der Waals surface area (Å²) in [6.07, 6.45) is 0. The summed E-state index contributed by atoms with van der Waals surface area (Å²) >= 11 is 11.7. The molecular formula is C17H13Cl2N3O6. The second-order valence-electron chi connectivity index (χ2n) is 6.04. The Labute approximate surface area is 167 Å². The molecule has 11 heteroatoms. The Morgan fingerprint density at radius 3 is 2.00 bits per heavy atom. The van der Waals surface area contributed by atoms with Gasteiger partial charge in [-0.3, -0.25) is 33.2 Å². The highest BCUT2D eigenvalue weighted by Crippen LogP contribution is 2.31. The Hall–Kier alpha value is -2.91. The molecule has 0 radical (unpaired) electrons. The van der Waals surface area contributed by atoms with Crippen molar-refractivity contribution in [3.63, 3.8) is 0 Å². The highest BCUT2D eigenvalue weighted by molar-refractivity contribution is 6.43. The molecule has 2 heterocycles. The van der Waals surface area contributed by atoms with Crippen LogP contribution in [0.3, 0.4) is 0 Å². The van der Waals surface area contributed by atoms with Crippen LogP contribution in [0, 0.1) is 0 Å². The molecule has 0 atom stereocenters. The molecule has 2 aromatic rings. The summed E-state index contributed by atoms with van der Waals surface area (Å²) < 4.78 is 7.08. The number of nitrogens with zero attached hydrogens (tertiary/aromatic N) is 3. The normalized spacial score (nSPS) is 13.1. The average Bonchev–Trinajstić information content (AvgIpc) is 2.87. The number of imide groups is 1. The lowest BCUT2D eigenvalue weighted by molar-refractivity contribution is -0.145. The van der Waals surface area contributed by atoms with E-state index in [1.54, 1.807) is 0 Å². The molecule has 0 aliphatic carbocycles. The Bertz CT molecular complexity index is 1110. The molecule has 28 heavy (non-hydrogen) atoms. The first kappa shape index (κ1) is 19.8. The van der Waals surface area contributed by atoms with Gasteiger partial charge >= 0.3 is 11.7 Å². The third-order valence-electron chi connectivity index (χ3n) is 4.31. The highest BCUT2D eigenvalue weighted by atomic mass is 35.5. The van der Waals surface area contributed by atoms with Gasteiger partial charge in [0.1, 0.15) is 13.2 Å². The van der Waals surface area contributed by atoms with Crippen LogP contribution < -0.4 is 11.2 Å². The van der Waals surface area contributed by atoms with Crippen LogP contribution in [-0.4, -0.2) is 38.4 Å². The monoisotopic (exact) mass is 425 g/mol. The molecule has 0 bridgehead atoms. The zero-order chi connectivity index (χ0) is 20.7. The molecule has 0 saturated carbocycles. The van der Waals surface area contributed by atoms with E-state index in [1.165, 1.54) is 26.2 Å². The van der Waals surface area contributed by atoms with Gasteiger partial charge in [0, 0.05) is 20.2 Å². The minimum Gasteiger partial charge on any atom is -0.458 e. The summed E-state index contributed by atoms with van der Waals surface area (Å²) in [7, 11) is 2.74. The van der Waals surface area contributed by atoms with E-state index >= 15 is 0 Å². The largest absolute Gasteiger partial charge is 0.458 e. The number of hydrogen-bond donors (Lipinski definition) is 0. The van der Waals surface area contributed by atoms with Crippen molar-refractivity contribution >= 4 is 41.0 Å². The number of benzene rings is 1. The van der Waals surface area contributed by atoms with Crippen LogP contribution in [0.25, 0.3) is 0 Å². The standard InChI is InChI=1S/C17H13Cl2N3O6/c1-20-8(3-13(23)21(2)17(20)27)7-28-14(24)6-22-15(25)9-4-11(18)12(19)5-10(9)16(22)26/h3-5H,6-7H2,1-2H3. The van der Waals surface area contributed by atoms with E-state index in [0.29, 0.717) is 4.90 Å². The SMILES string of the molecule is Cn1c(COC(=O)CN2C(=O)c3cc(Cl)c(Cl)cc3C2=O)cc(=O)n(C)c1=O. The van der Waals surface area contributed by atoms with Crippen LogP contribution in [0.5, 0.6) is 0 Å². The zero-order valence-corrected chi connectivity index (χ0v) is 16.2. The van der Waals surface area contributed by atoms with Gasteiger partial charge in [-0.15, -0.1) is 0 Å². The second kappa shape index (κ2) is 7.25. The van der Waals surface area contributed by atoms with Gasteiger partial charge in [0.05, 0.1) is 26.9 Å². The number of hydrogen-bond acceptors (Lipinski definition) is 6. The smallest absolute Gasteiger partial charge is 0.330 e. The first-order valence-corrected chi connectivity index (χ1v) is 8.64. The van der Waals surface area contributed by atoms with Crippen molar-refractivity contribution in [2.45, 2.75) is 6.61 Å². The fourth-order valence-electron chi connectivity index (χ4n) is 2.67. The van der Waals surface area contributed by atoms with E-state index in [0.717, 1.165) is 15.2 Å². The van der Waals surface area contributed by atoms with Crippen LogP contribution in [-0.2, 0) is 30.2 Å². The molecule has 1 aromatic carbocycles. The molecule has 3 rings (SSSR count). The van der Waals surface area contributed by atoms with Gasteiger partial charge in [0.2, 0.25) is 0 Å². The highest BCUT2D eigenvalue weighted by Gasteiger charge is 2.37. The Kier molecular flexibility index (Phi) is 5.14. The van der Waals surface area contributed by atoms with Crippen molar-refractivity contribution in [3.8, 4) is 0 Å². The molecule has 1 aliphatic rings. The minimum absolute atomic E-state index is 0.0427. The Morgan fingerprint density at radius 2 is 1.46 bits per heavy atom. The minimum atomic E-state index is -0.889. The van der Waals surface area contributed by atoms with E-state index in [9.17, 15) is 24.0 Å². The molecule has 1 aromatic heterocycles. The van der Waals surface area contributed by atoms with Crippen molar-refractivity contribution in [1.29, 1.82) is 0 Å². The number of halogens is 2. The summed E-state index contributed by atoms with van der Waals surface area (Å²) in [5.41, 5.74) is -0.874. The van der Waals surface area contributed by atoms with Gasteiger partial charge in [-0.1, -0.05) is 23.2 Å². The van der Waals surface area contributed by atoms with Gasteiger partial charge in [-0.2, -0.15) is 0 Å². The molecule has 0 spiro atoms. The van der Waals surface area contributed by atoms with E-state index in [2.05, 4.69) is 0 Å². The summed E-state index contributed by atoms with van der Waals surface area (Å²) in [6, 6.07) is 3.68. The third kappa shape index (κ3) is 3.34. The van der Waals surface area contributed by atoms with E-state index in [4.69, 9.17) is 27.9 Å². The lowest BCUT2D eigenvalue weighted by Gasteiger charge is -2.14. The molecule has 9 nitrogen and oxygen atoms in total. The van der Waals surface area contributed by atoms with Gasteiger partial charge < -0.3 is 4.74 Å². The maximum Gasteiger partial charge on any atom is 0.330 e. The summed E-state index contributed by atoms with van der Waals surface area (Å²) in [5, 5.41) is 0.218. The number of carbonyl (C=O) groups is 3. The molecule has 0 N–H and O–H groups in total. The molecule has 0 fully saturated rings. The predicted molar refractivity (Wildman–Crippen MR) is 98.5 cm³/mol. The number of fused-ring (bicyclic) bond motifs is 1. The zero-order valence-electron chi connectivity index (χ0n) is 14.7. The first-order chi connectivity index (χ1) is 13.1. The summed E-state index contributed by atoms with van der Waals surface area (Å²) in [6.45, 7) is -1.01. The first-order valence-electron chi connectivity index (χ1n) is 7.88. The van der Waals surface area contributed by atoms with Crippen LogP contribution >= 0.6 is 23.2 Å². The van der Waals surface area contributed by atoms with Crippen molar-refractivity contribution in [2.24, 2.45) is 14.1 Å². The van der Waals surface area contributed by atoms with Crippen molar-refractivity contribution in [3.05, 3.63) is 65.9 Å². The van der Waals surface area contributed by atoms with Gasteiger partial charge in [-0.25, -0.2) is 4.79 Å². The lowest BCUT2D eigenvalue weighted by atomic mass is 10.1. The van der Waals surface area contributed by atoms with E-state index in [1.807, 2.05) is 0 Å². The number of amides is 2. The maximum atomic E-state index is 12.4. The van der Waals surface area contributed by atoms with Crippen LogP contribution in [0.15, 0.2) is 27.8 Å². The van der Waals surface area contributed by atoms with Crippen molar-refractivity contribution in [2.75, 3.05) is 6.54 Å². The summed E-state index contributed by atoms with van der Waals surface area (Å²) in [5.74, 6) is -2.28. The van der Waals surface area contributed by atoms with Crippen LogP contribution in [0.2, 0.25) is 10.0 Å². The fourth-order valence-corrected chi connectivity index (χ4v) is 3.00. The third-order valence-corrected chi connectivity index (χ3v) is 5.03. The Morgan fingerprint density at radius 1 is 0.929 bits per heavy atom. The molecule has 2 amide bonds. The summed E-state index contributed by atoms with van der Waals surface area (Å²) in [4.78, 5) is 61.1. The number of ether oxygens (including phenoxy) is 1. The Balaban J connectivity index is 1.73. The number of esters is 1. The van der Waals surface area contributed by atoms with E-state index in [-0.39, 0.29) is 33.5 Å². The van der Waals surface area contributed by atoms with Gasteiger partial charge in [0.15, 0.2) is 0 Å². The fraction of sp³-hybridized carbons (Fsp3) is 0.235. The van der Waals surface area contributed by atoms with Crippen LogP contribution in [0.4, 0.5) is 0 Å². The van der Waals surface area contributed by atoms with Crippen molar-refractivity contribution < 1.29 is 19.1 Å². The van der Waals surface area contributed by atoms with Gasteiger partial charge in [0.25, 0.3) is 17.4 Å². The van der Waals surface area contributed by atoms with Crippen molar-refractivity contribution in [1.82, 2.24) is 14.0 Å². The number of carbonyl (C=O) groups excluding carboxylic acids is 3. The molecule has 1 aliphatic heterocycles. The topological polar surface area (TPSA) is 108 Å². The van der Waals surface area contributed by atoms with E-state index < -0.39 is 35.6 Å². The average molecular weight is 426 g/mol. The maximum absolute atomic E-state index is 12.4.